The Balaban J connectivity index is 2.13. The first-order chi connectivity index (χ1) is 11.7. The highest BCUT2D eigenvalue weighted by atomic mass is 32.2. The van der Waals surface area contributed by atoms with E-state index in [1.165, 1.54) is 12.3 Å². The molecule has 25 heavy (non-hydrogen) atoms. The van der Waals surface area contributed by atoms with E-state index >= 15 is 0 Å². The van der Waals surface area contributed by atoms with Gasteiger partial charge >= 0.3 is 6.03 Å². The fourth-order valence-electron chi connectivity index (χ4n) is 3.60. The molecule has 0 bridgehead atoms. The van der Waals surface area contributed by atoms with Gasteiger partial charge < -0.3 is 15.3 Å². The number of hydrogen-bond acceptors (Lipinski definition) is 5. The fraction of sp³-hybridized carbons (Fsp3) is 0.647. The minimum atomic E-state index is -3.41. The molecular weight excluding hydrogens is 342 g/mol. The predicted molar refractivity (Wildman–Crippen MR) is 94.8 cm³/mol. The SMILES string of the molecule is CC(C)C[C@]1(CO)CCCN1C(=O)NCc1ncccc1S(C)(=O)=O. The Bertz CT molecular complexity index is 720. The lowest BCUT2D eigenvalue weighted by Crippen LogP contribution is -2.54. The highest BCUT2D eigenvalue weighted by Gasteiger charge is 2.43. The van der Waals surface area contributed by atoms with Gasteiger partial charge in [0, 0.05) is 19.0 Å². The van der Waals surface area contributed by atoms with E-state index in [-0.39, 0.29) is 24.1 Å². The van der Waals surface area contributed by atoms with Gasteiger partial charge in [-0.05, 0) is 37.3 Å². The highest BCUT2D eigenvalue weighted by molar-refractivity contribution is 7.90. The topological polar surface area (TPSA) is 99.6 Å². The molecule has 1 aromatic heterocycles. The highest BCUT2D eigenvalue weighted by Crippen LogP contribution is 2.34. The molecule has 1 aromatic rings. The van der Waals surface area contributed by atoms with Crippen LogP contribution in [0.15, 0.2) is 23.2 Å². The molecule has 140 valence electrons. The number of carbonyl (C=O) groups is 1. The van der Waals surface area contributed by atoms with E-state index in [1.54, 1.807) is 11.0 Å². The van der Waals surface area contributed by atoms with Crippen LogP contribution in [0.3, 0.4) is 0 Å². The second-order valence-electron chi connectivity index (χ2n) is 7.11. The smallest absolute Gasteiger partial charge is 0.318 e. The zero-order chi connectivity index (χ0) is 18.7. The lowest BCUT2D eigenvalue weighted by atomic mass is 9.87. The number of urea groups is 1. The van der Waals surface area contributed by atoms with Crippen LogP contribution >= 0.6 is 0 Å². The van der Waals surface area contributed by atoms with Gasteiger partial charge in [0.1, 0.15) is 0 Å². The number of aliphatic hydroxyl groups is 1. The van der Waals surface area contributed by atoms with Crippen LogP contribution in [0.1, 0.15) is 38.8 Å². The van der Waals surface area contributed by atoms with Gasteiger partial charge in [-0.2, -0.15) is 0 Å². The summed E-state index contributed by atoms with van der Waals surface area (Å²) in [7, 11) is -3.41. The second-order valence-corrected chi connectivity index (χ2v) is 9.10. The van der Waals surface area contributed by atoms with Crippen LogP contribution in [0.5, 0.6) is 0 Å². The summed E-state index contributed by atoms with van der Waals surface area (Å²) in [4.78, 5) is 18.6. The van der Waals surface area contributed by atoms with E-state index < -0.39 is 15.4 Å². The Labute approximate surface area is 149 Å². The number of amides is 2. The van der Waals surface area contributed by atoms with Gasteiger partial charge in [-0.25, -0.2) is 13.2 Å². The normalized spacial score (nSPS) is 20.9. The van der Waals surface area contributed by atoms with Crippen molar-refractivity contribution in [3.8, 4) is 0 Å². The predicted octanol–water partition coefficient (Wildman–Crippen LogP) is 1.57. The van der Waals surface area contributed by atoms with Crippen molar-refractivity contribution in [1.82, 2.24) is 15.2 Å². The van der Waals surface area contributed by atoms with Crippen LogP contribution < -0.4 is 5.32 Å². The van der Waals surface area contributed by atoms with Crippen LogP contribution in [0.25, 0.3) is 0 Å². The van der Waals surface area contributed by atoms with Crippen molar-refractivity contribution in [2.45, 2.75) is 50.1 Å². The number of likely N-dealkylation sites (tertiary alicyclic amines) is 1. The number of carbonyl (C=O) groups excluding carboxylic acids is 1. The molecule has 2 rings (SSSR count). The number of sulfone groups is 1. The molecule has 0 aliphatic carbocycles. The summed E-state index contributed by atoms with van der Waals surface area (Å²) >= 11 is 0. The van der Waals surface area contributed by atoms with E-state index in [4.69, 9.17) is 0 Å². The molecule has 1 atom stereocenters. The number of nitrogens with one attached hydrogen (secondary N) is 1. The van der Waals surface area contributed by atoms with Crippen molar-refractivity contribution < 1.29 is 18.3 Å². The average molecular weight is 369 g/mol. The number of aliphatic hydroxyl groups excluding tert-OH is 1. The van der Waals surface area contributed by atoms with Gasteiger partial charge in [0.25, 0.3) is 0 Å². The molecule has 1 aliphatic rings. The van der Waals surface area contributed by atoms with Gasteiger partial charge in [-0.15, -0.1) is 0 Å². The largest absolute Gasteiger partial charge is 0.394 e. The zero-order valence-electron chi connectivity index (χ0n) is 15.0. The summed E-state index contributed by atoms with van der Waals surface area (Å²) in [5, 5.41) is 12.7. The molecular formula is C17H27N3O4S. The number of pyridine rings is 1. The van der Waals surface area contributed by atoms with Crippen LogP contribution in [-0.4, -0.2) is 54.4 Å². The van der Waals surface area contributed by atoms with Crippen molar-refractivity contribution in [3.05, 3.63) is 24.0 Å². The van der Waals surface area contributed by atoms with Crippen LogP contribution in [0.2, 0.25) is 0 Å². The van der Waals surface area contributed by atoms with Crippen molar-refractivity contribution in [3.63, 3.8) is 0 Å². The van der Waals surface area contributed by atoms with Crippen LogP contribution in [-0.2, 0) is 16.4 Å². The summed E-state index contributed by atoms with van der Waals surface area (Å²) in [5.41, 5.74) is -0.224. The maximum atomic E-state index is 12.7. The number of nitrogens with zero attached hydrogens (tertiary/aromatic N) is 2. The van der Waals surface area contributed by atoms with E-state index in [1.807, 2.05) is 0 Å². The quantitative estimate of drug-likeness (QED) is 0.793. The minimum Gasteiger partial charge on any atom is -0.394 e. The molecule has 2 heterocycles. The molecule has 1 saturated heterocycles. The molecule has 0 radical (unpaired) electrons. The Morgan fingerprint density at radius 2 is 2.20 bits per heavy atom. The minimum absolute atomic E-state index is 0.0295. The molecule has 0 aromatic carbocycles. The molecule has 2 amide bonds. The molecule has 1 fully saturated rings. The van der Waals surface area contributed by atoms with E-state index in [9.17, 15) is 18.3 Å². The third-order valence-electron chi connectivity index (χ3n) is 4.58. The van der Waals surface area contributed by atoms with Crippen LogP contribution in [0, 0.1) is 5.92 Å². The van der Waals surface area contributed by atoms with Gasteiger partial charge in [-0.1, -0.05) is 13.8 Å². The first-order valence-electron chi connectivity index (χ1n) is 8.50. The number of aromatic nitrogens is 1. The molecule has 0 saturated carbocycles. The number of hydrogen-bond donors (Lipinski definition) is 2. The van der Waals surface area contributed by atoms with E-state index in [0.717, 1.165) is 25.5 Å². The summed E-state index contributed by atoms with van der Waals surface area (Å²) < 4.78 is 23.7. The summed E-state index contributed by atoms with van der Waals surface area (Å²) in [6.07, 6.45) is 4.97. The maximum Gasteiger partial charge on any atom is 0.318 e. The van der Waals surface area contributed by atoms with E-state index in [2.05, 4.69) is 24.1 Å². The van der Waals surface area contributed by atoms with E-state index in [0.29, 0.717) is 18.2 Å². The Kier molecular flexibility index (Phi) is 6.05. The lowest BCUT2D eigenvalue weighted by molar-refractivity contribution is 0.0675. The van der Waals surface area contributed by atoms with Gasteiger partial charge in [0.05, 0.1) is 29.3 Å². The fourth-order valence-corrected chi connectivity index (χ4v) is 4.48. The molecule has 7 nitrogen and oxygen atoms in total. The lowest BCUT2D eigenvalue weighted by Gasteiger charge is -2.38. The molecule has 0 spiro atoms. The summed E-state index contributed by atoms with van der Waals surface area (Å²) in [5.74, 6) is 0.355. The molecule has 1 aliphatic heterocycles. The van der Waals surface area contributed by atoms with Crippen LogP contribution in [0.4, 0.5) is 4.79 Å². The number of rotatable bonds is 6. The standard InChI is InChI=1S/C17H27N3O4S/c1-13(2)10-17(12-21)7-5-9-20(17)16(22)19-11-14-15(25(3,23)24)6-4-8-18-14/h4,6,8,13,21H,5,7,9-12H2,1-3H3,(H,19,22)/t17-/m0/s1. The molecule has 2 N–H and O–H groups in total. The Morgan fingerprint density at radius 1 is 1.48 bits per heavy atom. The van der Waals surface area contributed by atoms with Gasteiger partial charge in [0.15, 0.2) is 9.84 Å². The third kappa shape index (κ3) is 4.49. The van der Waals surface area contributed by atoms with Crippen molar-refractivity contribution in [2.24, 2.45) is 5.92 Å². The van der Waals surface area contributed by atoms with Crippen molar-refractivity contribution in [2.75, 3.05) is 19.4 Å². The maximum absolute atomic E-state index is 12.7. The Hall–Kier alpha value is -1.67. The van der Waals surface area contributed by atoms with Crippen molar-refractivity contribution in [1.29, 1.82) is 0 Å². The average Bonchev–Trinajstić information content (AvgIpc) is 2.95. The second kappa shape index (κ2) is 7.70. The summed E-state index contributed by atoms with van der Waals surface area (Å²) in [6.45, 7) is 4.68. The van der Waals surface area contributed by atoms with Crippen molar-refractivity contribution >= 4 is 15.9 Å². The summed E-state index contributed by atoms with van der Waals surface area (Å²) in [6, 6.07) is 2.75. The first kappa shape index (κ1) is 19.7. The molecule has 0 unspecified atom stereocenters. The Morgan fingerprint density at radius 3 is 2.80 bits per heavy atom. The first-order valence-corrected chi connectivity index (χ1v) is 10.4. The molecule has 8 heteroatoms. The van der Waals surface area contributed by atoms with Gasteiger partial charge in [0.2, 0.25) is 0 Å². The third-order valence-corrected chi connectivity index (χ3v) is 5.75. The zero-order valence-corrected chi connectivity index (χ0v) is 15.8. The van der Waals surface area contributed by atoms with Gasteiger partial charge in [-0.3, -0.25) is 4.98 Å². The monoisotopic (exact) mass is 369 g/mol.